The number of H-pyrrole nitrogens is 1. The predicted molar refractivity (Wildman–Crippen MR) is 113 cm³/mol. The summed E-state index contributed by atoms with van der Waals surface area (Å²) in [5, 5.41) is 13.0. The predicted octanol–water partition coefficient (Wildman–Crippen LogP) is 3.94. The van der Waals surface area contributed by atoms with E-state index in [-0.39, 0.29) is 22.3 Å². The van der Waals surface area contributed by atoms with Crippen LogP contribution in [-0.2, 0) is 9.57 Å². The van der Waals surface area contributed by atoms with Crippen molar-refractivity contribution in [3.05, 3.63) is 44.8 Å². The summed E-state index contributed by atoms with van der Waals surface area (Å²) in [6, 6.07) is 7.15. The van der Waals surface area contributed by atoms with Gasteiger partial charge in [-0.15, -0.1) is 5.10 Å². The van der Waals surface area contributed by atoms with Crippen LogP contribution in [-0.4, -0.2) is 34.2 Å². The Labute approximate surface area is 179 Å². The average Bonchev–Trinajstić information content (AvgIpc) is 3.19. The van der Waals surface area contributed by atoms with Crippen LogP contribution >= 0.6 is 22.6 Å². The Bertz CT molecular complexity index is 1050. The SMILES string of the molecule is Cc1cc(I)ccc1Nc1c(C(=O)NOC2CCCCO2)cc2nn[nH]c2c1F. The topological polar surface area (TPSA) is 101 Å². The molecule has 1 atom stereocenters. The Morgan fingerprint density at radius 3 is 3.00 bits per heavy atom. The molecule has 0 radical (unpaired) electrons. The van der Waals surface area contributed by atoms with Crippen LogP contribution in [0, 0.1) is 16.3 Å². The fourth-order valence-corrected chi connectivity index (χ4v) is 3.78. The molecule has 1 amide bonds. The summed E-state index contributed by atoms with van der Waals surface area (Å²) in [6.07, 6.45) is 2.09. The van der Waals surface area contributed by atoms with Gasteiger partial charge in [0.05, 0.1) is 11.3 Å². The Balaban J connectivity index is 1.66. The van der Waals surface area contributed by atoms with Gasteiger partial charge in [-0.3, -0.25) is 9.89 Å². The van der Waals surface area contributed by atoms with Crippen molar-refractivity contribution in [3.8, 4) is 0 Å². The minimum atomic E-state index is -0.649. The summed E-state index contributed by atoms with van der Waals surface area (Å²) in [5.74, 6) is -1.25. The van der Waals surface area contributed by atoms with E-state index in [0.717, 1.165) is 22.0 Å². The Morgan fingerprint density at radius 1 is 1.38 bits per heavy atom. The largest absolute Gasteiger partial charge is 0.352 e. The Hall–Kier alpha value is -2.31. The zero-order valence-corrected chi connectivity index (χ0v) is 17.7. The third-order valence-corrected chi connectivity index (χ3v) is 5.35. The van der Waals surface area contributed by atoms with Gasteiger partial charge in [0.2, 0.25) is 0 Å². The maximum Gasteiger partial charge on any atom is 0.277 e. The molecular weight excluding hydrogens is 492 g/mol. The van der Waals surface area contributed by atoms with E-state index in [1.54, 1.807) is 0 Å². The fraction of sp³-hybridized carbons (Fsp3) is 0.316. The molecule has 29 heavy (non-hydrogen) atoms. The molecule has 0 bridgehead atoms. The number of anilines is 2. The quantitative estimate of drug-likeness (QED) is 0.355. The van der Waals surface area contributed by atoms with E-state index >= 15 is 4.39 Å². The van der Waals surface area contributed by atoms with Crippen molar-refractivity contribution in [1.82, 2.24) is 20.9 Å². The van der Waals surface area contributed by atoms with Gasteiger partial charge >= 0.3 is 0 Å². The second kappa shape index (κ2) is 8.59. The van der Waals surface area contributed by atoms with Gasteiger partial charge in [0, 0.05) is 22.3 Å². The maximum atomic E-state index is 15.2. The monoisotopic (exact) mass is 511 g/mol. The summed E-state index contributed by atoms with van der Waals surface area (Å²) in [5.41, 5.74) is 4.39. The maximum absolute atomic E-state index is 15.2. The van der Waals surface area contributed by atoms with Gasteiger partial charge < -0.3 is 10.1 Å². The third-order valence-electron chi connectivity index (χ3n) is 4.68. The van der Waals surface area contributed by atoms with Crippen molar-refractivity contribution >= 4 is 50.9 Å². The van der Waals surface area contributed by atoms with Gasteiger partial charge in [-0.2, -0.15) is 0 Å². The lowest BCUT2D eigenvalue weighted by atomic mass is 10.1. The van der Waals surface area contributed by atoms with Gasteiger partial charge in [0.1, 0.15) is 11.0 Å². The van der Waals surface area contributed by atoms with Crippen molar-refractivity contribution in [3.63, 3.8) is 0 Å². The number of aryl methyl sites for hydroxylation is 1. The zero-order valence-electron chi connectivity index (χ0n) is 15.6. The number of hydroxylamine groups is 1. The smallest absolute Gasteiger partial charge is 0.277 e. The number of ether oxygens (including phenoxy) is 1. The molecule has 1 fully saturated rings. The van der Waals surface area contributed by atoms with Gasteiger partial charge in [-0.05, 0) is 72.2 Å². The summed E-state index contributed by atoms with van der Waals surface area (Å²) < 4.78 is 21.7. The molecule has 3 aromatic rings. The molecule has 0 spiro atoms. The lowest BCUT2D eigenvalue weighted by Gasteiger charge is -2.22. The number of carbonyl (C=O) groups excluding carboxylic acids is 1. The van der Waals surface area contributed by atoms with E-state index in [1.807, 2.05) is 25.1 Å². The van der Waals surface area contributed by atoms with Crippen molar-refractivity contribution in [1.29, 1.82) is 0 Å². The van der Waals surface area contributed by atoms with Gasteiger partial charge in [-0.25, -0.2) is 14.7 Å². The van der Waals surface area contributed by atoms with Crippen LogP contribution in [0.1, 0.15) is 35.2 Å². The normalized spacial score (nSPS) is 16.7. The van der Waals surface area contributed by atoms with E-state index in [9.17, 15) is 4.79 Å². The number of nitrogens with zero attached hydrogens (tertiary/aromatic N) is 2. The molecule has 1 aliphatic heterocycles. The van der Waals surface area contributed by atoms with E-state index < -0.39 is 18.0 Å². The van der Waals surface area contributed by atoms with E-state index in [2.05, 4.69) is 48.8 Å². The van der Waals surface area contributed by atoms with Crippen molar-refractivity contribution < 1.29 is 18.8 Å². The van der Waals surface area contributed by atoms with Crippen LogP contribution in [0.25, 0.3) is 11.0 Å². The highest BCUT2D eigenvalue weighted by Crippen LogP contribution is 2.31. The molecule has 0 aliphatic carbocycles. The number of nitrogens with one attached hydrogen (secondary N) is 3. The number of rotatable bonds is 5. The second-order valence-electron chi connectivity index (χ2n) is 6.75. The van der Waals surface area contributed by atoms with Gasteiger partial charge in [0.25, 0.3) is 5.91 Å². The number of hydrogen-bond donors (Lipinski definition) is 3. The molecule has 1 unspecified atom stereocenters. The van der Waals surface area contributed by atoms with Crippen LogP contribution in [0.4, 0.5) is 15.8 Å². The first kappa shape index (κ1) is 20.0. The van der Waals surface area contributed by atoms with Gasteiger partial charge in [-0.1, -0.05) is 5.21 Å². The zero-order chi connectivity index (χ0) is 20.4. The molecule has 3 N–H and O–H groups in total. The van der Waals surface area contributed by atoms with Crippen LogP contribution in [0.2, 0.25) is 0 Å². The van der Waals surface area contributed by atoms with E-state index in [0.29, 0.717) is 18.7 Å². The first-order valence-corrected chi connectivity index (χ1v) is 10.2. The fourth-order valence-electron chi connectivity index (χ4n) is 3.13. The van der Waals surface area contributed by atoms with Gasteiger partial charge in [0.15, 0.2) is 12.1 Å². The number of carbonyl (C=O) groups is 1. The molecule has 1 saturated heterocycles. The van der Waals surface area contributed by atoms with Crippen molar-refractivity contribution in [2.75, 3.05) is 11.9 Å². The molecule has 8 nitrogen and oxygen atoms in total. The number of fused-ring (bicyclic) bond motifs is 1. The molecule has 4 rings (SSSR count). The highest BCUT2D eigenvalue weighted by atomic mass is 127. The summed E-state index contributed by atoms with van der Waals surface area (Å²) in [6.45, 7) is 2.49. The van der Waals surface area contributed by atoms with Crippen LogP contribution in [0.15, 0.2) is 24.3 Å². The first-order chi connectivity index (χ1) is 14.0. The summed E-state index contributed by atoms with van der Waals surface area (Å²) in [4.78, 5) is 18.2. The average molecular weight is 511 g/mol. The second-order valence-corrected chi connectivity index (χ2v) is 7.99. The third kappa shape index (κ3) is 4.33. The molecule has 2 aromatic carbocycles. The minimum Gasteiger partial charge on any atom is -0.352 e. The Morgan fingerprint density at radius 2 is 2.24 bits per heavy atom. The number of benzene rings is 2. The van der Waals surface area contributed by atoms with Crippen LogP contribution in [0.5, 0.6) is 0 Å². The lowest BCUT2D eigenvalue weighted by molar-refractivity contribution is -0.186. The molecule has 0 saturated carbocycles. The molecule has 2 heterocycles. The highest BCUT2D eigenvalue weighted by molar-refractivity contribution is 14.1. The Kier molecular flexibility index (Phi) is 5.92. The van der Waals surface area contributed by atoms with Crippen molar-refractivity contribution in [2.24, 2.45) is 0 Å². The molecular formula is C19H19FIN5O3. The number of amides is 1. The number of aromatic nitrogens is 3. The molecule has 1 aromatic heterocycles. The van der Waals surface area contributed by atoms with Crippen molar-refractivity contribution in [2.45, 2.75) is 32.5 Å². The molecule has 10 heteroatoms. The van der Waals surface area contributed by atoms with E-state index in [4.69, 9.17) is 9.57 Å². The number of hydrogen-bond acceptors (Lipinski definition) is 6. The van der Waals surface area contributed by atoms with Crippen LogP contribution < -0.4 is 10.8 Å². The number of halogens is 2. The van der Waals surface area contributed by atoms with E-state index in [1.165, 1.54) is 6.07 Å². The lowest BCUT2D eigenvalue weighted by Crippen LogP contribution is -2.33. The minimum absolute atomic E-state index is 0.0125. The summed E-state index contributed by atoms with van der Waals surface area (Å²) in [7, 11) is 0. The summed E-state index contributed by atoms with van der Waals surface area (Å²) >= 11 is 2.20. The standard InChI is InChI=1S/C19H19FIN5O3/c1-10-8-11(21)5-6-13(10)22-17-12(9-14-18(16(17)20)24-26-23-14)19(27)25-29-15-4-2-3-7-28-15/h5-6,8-9,15,22H,2-4,7H2,1H3,(H,25,27)(H,23,24,26). The number of aromatic amines is 1. The molecule has 1 aliphatic rings. The molecule has 152 valence electrons. The first-order valence-electron chi connectivity index (χ1n) is 9.17. The van der Waals surface area contributed by atoms with Crippen LogP contribution in [0.3, 0.4) is 0 Å². The highest BCUT2D eigenvalue weighted by Gasteiger charge is 2.23.